The maximum atomic E-state index is 12.9. The minimum absolute atomic E-state index is 0.0494. The number of piperidine rings is 1. The molecule has 0 aliphatic carbocycles. The largest absolute Gasteiger partial charge is 0.306 e. The highest BCUT2D eigenvalue weighted by Gasteiger charge is 2.11. The molecule has 0 radical (unpaired) electrons. The highest BCUT2D eigenvalue weighted by molar-refractivity contribution is 5.97. The number of likely N-dealkylation sites (tertiary alicyclic amines) is 1. The van der Waals surface area contributed by atoms with Gasteiger partial charge in [-0.1, -0.05) is 11.6 Å². The van der Waals surface area contributed by atoms with Gasteiger partial charge in [0.2, 0.25) is 0 Å². The van der Waals surface area contributed by atoms with Crippen molar-refractivity contribution in [2.24, 2.45) is 0 Å². The van der Waals surface area contributed by atoms with Crippen LogP contribution in [0.2, 0.25) is 0 Å². The fourth-order valence-electron chi connectivity index (χ4n) is 2.84. The van der Waals surface area contributed by atoms with Crippen LogP contribution in [-0.2, 0) is 6.42 Å². The fraction of sp³-hybridized carbons (Fsp3) is 0.300. The van der Waals surface area contributed by atoms with Gasteiger partial charge in [-0.05, 0) is 62.4 Å². The number of nitrogens with zero attached hydrogens (tertiary/aromatic N) is 2. The van der Waals surface area contributed by atoms with Crippen LogP contribution in [-0.4, -0.2) is 35.8 Å². The van der Waals surface area contributed by atoms with Gasteiger partial charge >= 0.3 is 0 Å². The number of carbonyl (C=O) groups excluding carboxylic acids is 1. The van der Waals surface area contributed by atoms with Crippen LogP contribution in [0, 0.1) is 5.82 Å². The van der Waals surface area contributed by atoms with Crippen molar-refractivity contribution in [2.45, 2.75) is 19.3 Å². The van der Waals surface area contributed by atoms with E-state index in [1.165, 1.54) is 29.8 Å². The number of Topliss-reactive ketones (excluding diaryl/α,β-unsaturated/α-hetero) is 1. The maximum Gasteiger partial charge on any atom is 0.168 e. The summed E-state index contributed by atoms with van der Waals surface area (Å²) >= 11 is 0. The van der Waals surface area contributed by atoms with Gasteiger partial charge in [-0.3, -0.25) is 9.78 Å². The minimum Gasteiger partial charge on any atom is -0.306 e. The molecule has 3 rings (SSSR count). The van der Waals surface area contributed by atoms with Gasteiger partial charge in [0, 0.05) is 24.3 Å². The van der Waals surface area contributed by atoms with Gasteiger partial charge < -0.3 is 4.90 Å². The van der Waals surface area contributed by atoms with Crippen molar-refractivity contribution in [3.8, 4) is 0 Å². The molecule has 1 aromatic heterocycles. The predicted molar refractivity (Wildman–Crippen MR) is 93.4 cm³/mol. The monoisotopic (exact) mass is 324 g/mol. The Labute approximate surface area is 141 Å². The lowest BCUT2D eigenvalue weighted by molar-refractivity contribution is 0.0992. The van der Waals surface area contributed by atoms with E-state index in [9.17, 15) is 9.18 Å². The molecule has 4 heteroatoms. The number of halogens is 1. The molecule has 1 saturated heterocycles. The lowest BCUT2D eigenvalue weighted by Gasteiger charge is -2.23. The molecule has 0 N–H and O–H groups in total. The molecule has 1 aliphatic heterocycles. The molecule has 3 nitrogen and oxygen atoms in total. The van der Waals surface area contributed by atoms with Crippen LogP contribution in [0.1, 0.15) is 34.6 Å². The second kappa shape index (κ2) is 7.49. The molecule has 0 spiro atoms. The van der Waals surface area contributed by atoms with E-state index < -0.39 is 0 Å². The van der Waals surface area contributed by atoms with E-state index in [0.717, 1.165) is 37.3 Å². The van der Waals surface area contributed by atoms with E-state index in [2.05, 4.69) is 23.0 Å². The molecule has 0 unspecified atom stereocenters. The van der Waals surface area contributed by atoms with Crippen molar-refractivity contribution < 1.29 is 9.18 Å². The average molecular weight is 324 g/mol. The quantitative estimate of drug-likeness (QED) is 0.803. The van der Waals surface area contributed by atoms with Crippen LogP contribution in [0.3, 0.4) is 0 Å². The topological polar surface area (TPSA) is 33.2 Å². The molecule has 0 saturated carbocycles. The summed E-state index contributed by atoms with van der Waals surface area (Å²) in [5.41, 5.74) is 3.56. The maximum absolute atomic E-state index is 12.9. The number of benzene rings is 1. The van der Waals surface area contributed by atoms with Crippen LogP contribution in [0.15, 0.2) is 48.0 Å². The van der Waals surface area contributed by atoms with Crippen molar-refractivity contribution in [1.82, 2.24) is 9.88 Å². The van der Waals surface area contributed by atoms with Gasteiger partial charge in [-0.15, -0.1) is 0 Å². The highest BCUT2D eigenvalue weighted by atomic mass is 19.1. The van der Waals surface area contributed by atoms with E-state index in [0.29, 0.717) is 5.56 Å². The van der Waals surface area contributed by atoms with E-state index in [1.54, 1.807) is 0 Å². The number of ketones is 1. The first-order valence-electron chi connectivity index (χ1n) is 8.23. The van der Waals surface area contributed by atoms with Gasteiger partial charge in [0.1, 0.15) is 5.82 Å². The van der Waals surface area contributed by atoms with Gasteiger partial charge in [0.05, 0.1) is 12.1 Å². The Morgan fingerprint density at radius 3 is 2.58 bits per heavy atom. The third kappa shape index (κ3) is 4.36. The lowest BCUT2D eigenvalue weighted by Crippen LogP contribution is -2.26. The first-order valence-corrected chi connectivity index (χ1v) is 8.23. The highest BCUT2D eigenvalue weighted by Crippen LogP contribution is 2.18. The molecular formula is C20H21FN2O. The number of hydrogen-bond donors (Lipinski definition) is 0. The Morgan fingerprint density at radius 1 is 1.17 bits per heavy atom. The van der Waals surface area contributed by atoms with Gasteiger partial charge in [-0.2, -0.15) is 0 Å². The summed E-state index contributed by atoms with van der Waals surface area (Å²) in [5, 5.41) is 0. The molecule has 1 aliphatic rings. The second-order valence-electron chi connectivity index (χ2n) is 6.27. The summed E-state index contributed by atoms with van der Waals surface area (Å²) in [4.78, 5) is 19.2. The van der Waals surface area contributed by atoms with Crippen molar-refractivity contribution in [2.75, 3.05) is 20.1 Å². The van der Waals surface area contributed by atoms with Crippen LogP contribution in [0.5, 0.6) is 0 Å². The zero-order valence-electron chi connectivity index (χ0n) is 13.8. The summed E-state index contributed by atoms with van der Waals surface area (Å²) < 4.78 is 12.9. The SMILES string of the molecule is CN1CCC(=Cc2cccc(CC(=O)c3ccc(F)cc3)n2)CC1. The molecule has 24 heavy (non-hydrogen) atoms. The summed E-state index contributed by atoms with van der Waals surface area (Å²) in [7, 11) is 2.14. The fourth-order valence-corrected chi connectivity index (χ4v) is 2.84. The Bertz CT molecular complexity index is 742. The van der Waals surface area contributed by atoms with Crippen LogP contribution >= 0.6 is 0 Å². The molecule has 1 fully saturated rings. The van der Waals surface area contributed by atoms with E-state index in [4.69, 9.17) is 0 Å². The third-order valence-corrected chi connectivity index (χ3v) is 4.32. The van der Waals surface area contributed by atoms with Crippen molar-refractivity contribution in [1.29, 1.82) is 0 Å². The summed E-state index contributed by atoms with van der Waals surface area (Å²) in [6.07, 6.45) is 4.50. The minimum atomic E-state index is -0.337. The molecule has 0 bridgehead atoms. The number of rotatable bonds is 4. The molecular weight excluding hydrogens is 303 g/mol. The van der Waals surface area contributed by atoms with Crippen molar-refractivity contribution in [3.63, 3.8) is 0 Å². The first kappa shape index (κ1) is 16.5. The van der Waals surface area contributed by atoms with Gasteiger partial charge in [-0.25, -0.2) is 4.39 Å². The third-order valence-electron chi connectivity index (χ3n) is 4.32. The Morgan fingerprint density at radius 2 is 1.88 bits per heavy atom. The smallest absolute Gasteiger partial charge is 0.168 e. The van der Waals surface area contributed by atoms with Gasteiger partial charge in [0.15, 0.2) is 5.78 Å². The second-order valence-corrected chi connectivity index (χ2v) is 6.27. The summed E-state index contributed by atoms with van der Waals surface area (Å²) in [6.45, 7) is 2.16. The van der Waals surface area contributed by atoms with Gasteiger partial charge in [0.25, 0.3) is 0 Å². The van der Waals surface area contributed by atoms with Crippen molar-refractivity contribution in [3.05, 3.63) is 70.8 Å². The molecule has 2 aromatic rings. The van der Waals surface area contributed by atoms with Crippen LogP contribution < -0.4 is 0 Å². The number of aromatic nitrogens is 1. The van der Waals surface area contributed by atoms with Crippen LogP contribution in [0.4, 0.5) is 4.39 Å². The molecule has 2 heterocycles. The van der Waals surface area contributed by atoms with E-state index in [1.807, 2.05) is 18.2 Å². The Balaban J connectivity index is 1.70. The zero-order chi connectivity index (χ0) is 16.9. The Hall–Kier alpha value is -2.33. The van der Waals surface area contributed by atoms with E-state index in [-0.39, 0.29) is 18.0 Å². The zero-order valence-corrected chi connectivity index (χ0v) is 13.8. The number of pyridine rings is 1. The average Bonchev–Trinajstić information content (AvgIpc) is 2.58. The molecule has 124 valence electrons. The molecule has 1 aromatic carbocycles. The number of hydrogen-bond acceptors (Lipinski definition) is 3. The lowest BCUT2D eigenvalue weighted by atomic mass is 10.0. The number of carbonyl (C=O) groups is 1. The van der Waals surface area contributed by atoms with Crippen LogP contribution in [0.25, 0.3) is 6.08 Å². The van der Waals surface area contributed by atoms with Crippen molar-refractivity contribution >= 4 is 11.9 Å². The Kier molecular flexibility index (Phi) is 5.16. The molecule has 0 amide bonds. The summed E-state index contributed by atoms with van der Waals surface area (Å²) in [5.74, 6) is -0.386. The summed E-state index contributed by atoms with van der Waals surface area (Å²) in [6, 6.07) is 11.4. The first-order chi connectivity index (χ1) is 11.6. The van der Waals surface area contributed by atoms with E-state index >= 15 is 0 Å². The molecule has 0 atom stereocenters. The predicted octanol–water partition coefficient (Wildman–Crippen LogP) is 3.76. The normalized spacial score (nSPS) is 15.3. The standard InChI is InChI=1S/C20H21FN2O/c1-23-11-9-15(10-12-23)13-18-3-2-4-19(22-18)14-20(24)16-5-7-17(21)8-6-16/h2-8,13H,9-12,14H2,1H3.